The van der Waals surface area contributed by atoms with Gasteiger partial charge in [0.25, 0.3) is 5.91 Å². The van der Waals surface area contributed by atoms with E-state index < -0.39 is 0 Å². The molecule has 1 aliphatic rings. The van der Waals surface area contributed by atoms with E-state index in [1.54, 1.807) is 18.3 Å². The van der Waals surface area contributed by atoms with Crippen LogP contribution in [0, 0.1) is 5.92 Å². The number of hydrogen-bond acceptors (Lipinski definition) is 6. The molecule has 1 fully saturated rings. The second-order valence-electron chi connectivity index (χ2n) is 6.37. The Morgan fingerprint density at radius 1 is 1.35 bits per heavy atom. The van der Waals surface area contributed by atoms with Crippen LogP contribution < -0.4 is 10.6 Å². The molecule has 0 aromatic carbocycles. The Morgan fingerprint density at radius 2 is 2.27 bits per heavy atom. The maximum atomic E-state index is 12.6. The molecule has 1 amide bonds. The van der Waals surface area contributed by atoms with Crippen molar-refractivity contribution in [1.29, 1.82) is 0 Å². The van der Waals surface area contributed by atoms with Gasteiger partial charge >= 0.3 is 0 Å². The molecule has 0 unspecified atom stereocenters. The highest BCUT2D eigenvalue weighted by atomic mass is 32.1. The minimum atomic E-state index is -0.197. The number of nitrogens with one attached hydrogen (secondary N) is 3. The molecule has 0 saturated carbocycles. The average molecular weight is 369 g/mol. The minimum absolute atomic E-state index is 0.190. The van der Waals surface area contributed by atoms with Crippen molar-refractivity contribution in [3.05, 3.63) is 46.0 Å². The van der Waals surface area contributed by atoms with E-state index in [9.17, 15) is 9.59 Å². The molecule has 1 aliphatic heterocycles. The molecule has 1 atom stereocenters. The first-order chi connectivity index (χ1) is 12.7. The van der Waals surface area contributed by atoms with Crippen molar-refractivity contribution in [3.8, 4) is 0 Å². The zero-order chi connectivity index (χ0) is 17.9. The minimum Gasteiger partial charge on any atom is -0.352 e. The van der Waals surface area contributed by atoms with Crippen LogP contribution in [-0.4, -0.2) is 46.3 Å². The first kappa shape index (κ1) is 16.9. The zero-order valence-corrected chi connectivity index (χ0v) is 14.9. The Balaban J connectivity index is 1.55. The van der Waals surface area contributed by atoms with Crippen LogP contribution in [0.3, 0.4) is 0 Å². The van der Waals surface area contributed by atoms with Crippen LogP contribution in [0.2, 0.25) is 0 Å². The number of aromatic amines is 1. The molecule has 0 aliphatic carbocycles. The van der Waals surface area contributed by atoms with Gasteiger partial charge in [0, 0.05) is 12.7 Å². The Labute approximate surface area is 154 Å². The van der Waals surface area contributed by atoms with Crippen LogP contribution in [0.5, 0.6) is 0 Å². The van der Waals surface area contributed by atoms with Crippen molar-refractivity contribution >= 4 is 34.2 Å². The molecule has 3 aromatic rings. The summed E-state index contributed by atoms with van der Waals surface area (Å²) < 4.78 is 0. The van der Waals surface area contributed by atoms with Gasteiger partial charge in [0.1, 0.15) is 5.52 Å². The van der Waals surface area contributed by atoms with Gasteiger partial charge in [-0.2, -0.15) is 0 Å². The number of hydrogen-bond donors (Lipinski definition) is 3. The lowest BCUT2D eigenvalue weighted by molar-refractivity contribution is 0.0945. The number of rotatable bonds is 5. The molecular weight excluding hydrogens is 350 g/mol. The highest BCUT2D eigenvalue weighted by Crippen LogP contribution is 2.18. The van der Waals surface area contributed by atoms with Crippen LogP contribution in [0.4, 0.5) is 0 Å². The summed E-state index contributed by atoms with van der Waals surface area (Å²) in [5.74, 6) is 0.258. The monoisotopic (exact) mass is 369 g/mol. The zero-order valence-electron chi connectivity index (χ0n) is 14.1. The smallest absolute Gasteiger partial charge is 0.253 e. The predicted octanol–water partition coefficient (Wildman–Crippen LogP) is 1.98. The topological polar surface area (TPSA) is 99.8 Å². The molecule has 8 heteroatoms. The number of ketones is 1. The standard InChI is InChI=1S/C18H19N5O2S/c24-15(13-4-2-8-26-13)17-22-14-12(5-7-20-16(14)23-17)18(25)21-10-11-3-1-6-19-9-11/h2,4-5,7-8,11,19H,1,3,6,9-10H2,(H,21,25)(H,20,22,23)/t11-/m1/s1. The van der Waals surface area contributed by atoms with Gasteiger partial charge in [-0.05, 0) is 49.4 Å². The number of H-pyrrole nitrogens is 1. The summed E-state index contributed by atoms with van der Waals surface area (Å²) in [4.78, 5) is 37.2. The number of amides is 1. The van der Waals surface area contributed by atoms with Gasteiger partial charge in [-0.1, -0.05) is 6.07 Å². The molecule has 0 radical (unpaired) electrons. The third-order valence-corrected chi connectivity index (χ3v) is 5.41. The number of carbonyl (C=O) groups excluding carboxylic acids is 2. The lowest BCUT2D eigenvalue weighted by atomic mass is 10.00. The Morgan fingerprint density at radius 3 is 3.04 bits per heavy atom. The largest absolute Gasteiger partial charge is 0.352 e. The lowest BCUT2D eigenvalue weighted by Gasteiger charge is -2.22. The average Bonchev–Trinajstić information content (AvgIpc) is 3.35. The molecule has 134 valence electrons. The highest BCUT2D eigenvalue weighted by Gasteiger charge is 2.20. The van der Waals surface area contributed by atoms with Gasteiger partial charge in [0.05, 0.1) is 10.4 Å². The molecule has 3 aromatic heterocycles. The predicted molar refractivity (Wildman–Crippen MR) is 99.6 cm³/mol. The first-order valence-corrected chi connectivity index (χ1v) is 9.52. The quantitative estimate of drug-likeness (QED) is 0.597. The Bertz CT molecular complexity index is 928. The van der Waals surface area contributed by atoms with Crippen LogP contribution >= 0.6 is 11.3 Å². The number of thiophene rings is 1. The number of imidazole rings is 1. The van der Waals surface area contributed by atoms with Gasteiger partial charge in [0.15, 0.2) is 11.5 Å². The summed E-state index contributed by atoms with van der Waals surface area (Å²) in [6, 6.07) is 5.20. The van der Waals surface area contributed by atoms with Crippen molar-refractivity contribution < 1.29 is 9.59 Å². The molecule has 0 bridgehead atoms. The molecule has 1 saturated heterocycles. The summed E-state index contributed by atoms with van der Waals surface area (Å²) in [7, 11) is 0. The highest BCUT2D eigenvalue weighted by molar-refractivity contribution is 7.12. The van der Waals surface area contributed by atoms with Crippen molar-refractivity contribution in [2.75, 3.05) is 19.6 Å². The van der Waals surface area contributed by atoms with E-state index in [1.165, 1.54) is 11.3 Å². The molecule has 4 rings (SSSR count). The Hall–Kier alpha value is -2.58. The summed E-state index contributed by atoms with van der Waals surface area (Å²) in [6.45, 7) is 2.60. The molecular formula is C18H19N5O2S. The van der Waals surface area contributed by atoms with Gasteiger partial charge in [0.2, 0.25) is 5.78 Å². The summed E-state index contributed by atoms with van der Waals surface area (Å²) in [6.07, 6.45) is 3.80. The van der Waals surface area contributed by atoms with Crippen LogP contribution in [0.25, 0.3) is 11.2 Å². The summed E-state index contributed by atoms with van der Waals surface area (Å²) in [5.41, 5.74) is 1.30. The number of carbonyl (C=O) groups is 2. The second kappa shape index (κ2) is 7.35. The lowest BCUT2D eigenvalue weighted by Crippen LogP contribution is -2.38. The van der Waals surface area contributed by atoms with Crippen LogP contribution in [0.1, 0.15) is 38.7 Å². The van der Waals surface area contributed by atoms with Crippen molar-refractivity contribution in [2.45, 2.75) is 12.8 Å². The number of fused-ring (bicyclic) bond motifs is 1. The van der Waals surface area contributed by atoms with Gasteiger partial charge in [-0.3, -0.25) is 9.59 Å². The third kappa shape index (κ3) is 3.38. The molecule has 26 heavy (non-hydrogen) atoms. The fraction of sp³-hybridized carbons (Fsp3) is 0.333. The van der Waals surface area contributed by atoms with Gasteiger partial charge < -0.3 is 15.6 Å². The second-order valence-corrected chi connectivity index (χ2v) is 7.32. The number of nitrogens with zero attached hydrogens (tertiary/aromatic N) is 2. The van der Waals surface area contributed by atoms with E-state index >= 15 is 0 Å². The van der Waals surface area contributed by atoms with E-state index in [-0.39, 0.29) is 17.5 Å². The number of pyridine rings is 1. The first-order valence-electron chi connectivity index (χ1n) is 8.64. The Kier molecular flexibility index (Phi) is 4.77. The molecule has 4 heterocycles. The van der Waals surface area contributed by atoms with Crippen molar-refractivity contribution in [2.24, 2.45) is 5.92 Å². The van der Waals surface area contributed by atoms with Gasteiger partial charge in [-0.15, -0.1) is 11.3 Å². The van der Waals surface area contributed by atoms with Crippen molar-refractivity contribution in [3.63, 3.8) is 0 Å². The van der Waals surface area contributed by atoms with E-state index in [4.69, 9.17) is 0 Å². The fourth-order valence-corrected chi connectivity index (χ4v) is 3.82. The molecule has 0 spiro atoms. The van der Waals surface area contributed by atoms with Crippen LogP contribution in [0.15, 0.2) is 29.8 Å². The SMILES string of the molecule is O=C(c1nc2c(C(=O)NC[C@@H]3CCCNC3)ccnc2[nH]1)c1cccs1. The third-order valence-electron chi connectivity index (χ3n) is 4.54. The van der Waals surface area contributed by atoms with Crippen molar-refractivity contribution in [1.82, 2.24) is 25.6 Å². The number of piperidine rings is 1. The van der Waals surface area contributed by atoms with E-state index in [0.717, 1.165) is 25.9 Å². The van der Waals surface area contributed by atoms with E-state index in [1.807, 2.05) is 11.4 Å². The van der Waals surface area contributed by atoms with E-state index in [2.05, 4.69) is 25.6 Å². The maximum absolute atomic E-state index is 12.6. The van der Waals surface area contributed by atoms with E-state index in [0.29, 0.717) is 34.1 Å². The van der Waals surface area contributed by atoms with Crippen LogP contribution in [-0.2, 0) is 0 Å². The number of aromatic nitrogens is 3. The normalized spacial score (nSPS) is 17.3. The summed E-state index contributed by atoms with van der Waals surface area (Å²) in [5, 5.41) is 8.17. The molecule has 7 nitrogen and oxygen atoms in total. The molecule has 3 N–H and O–H groups in total. The fourth-order valence-electron chi connectivity index (χ4n) is 3.16. The van der Waals surface area contributed by atoms with Gasteiger partial charge in [-0.25, -0.2) is 9.97 Å². The summed E-state index contributed by atoms with van der Waals surface area (Å²) >= 11 is 1.36. The maximum Gasteiger partial charge on any atom is 0.253 e.